The molecule has 1 fully saturated rings. The van der Waals surface area contributed by atoms with Crippen molar-refractivity contribution in [2.45, 2.75) is 82.8 Å². The zero-order valence-electron chi connectivity index (χ0n) is 18.6. The van der Waals surface area contributed by atoms with Gasteiger partial charge in [-0.2, -0.15) is 8.78 Å². The quantitative estimate of drug-likeness (QED) is 0.369. The number of carboxylic acids is 1. The summed E-state index contributed by atoms with van der Waals surface area (Å²) in [5.41, 5.74) is 1.23. The maximum atomic E-state index is 14.0. The molecule has 1 aliphatic rings. The number of hydrogen-bond donors (Lipinski definition) is 2. The van der Waals surface area contributed by atoms with Crippen LogP contribution in [0.15, 0.2) is 30.3 Å². The molecule has 1 aromatic rings. The molecule has 3 atom stereocenters. The first-order valence-corrected chi connectivity index (χ1v) is 11.3. The van der Waals surface area contributed by atoms with Crippen LogP contribution in [0.1, 0.15) is 63.9 Å². The number of halogens is 2. The van der Waals surface area contributed by atoms with Crippen molar-refractivity contribution in [2.75, 3.05) is 6.54 Å². The molecule has 0 aromatic heterocycles. The van der Waals surface area contributed by atoms with Gasteiger partial charge in [0.25, 0.3) is 5.91 Å². The summed E-state index contributed by atoms with van der Waals surface area (Å²) in [4.78, 5) is 23.7. The van der Waals surface area contributed by atoms with E-state index in [1.807, 2.05) is 25.1 Å². The molecule has 176 valence electrons. The molecular formula is C25H33F2NO4. The molecule has 0 saturated carbocycles. The Bertz CT molecular complexity index is 803. The molecule has 1 aromatic carbocycles. The number of carboxylic acid groups (broad SMARTS) is 1. The molecule has 0 aliphatic carbocycles. The first kappa shape index (κ1) is 25.8. The van der Waals surface area contributed by atoms with E-state index in [9.17, 15) is 23.5 Å². The summed E-state index contributed by atoms with van der Waals surface area (Å²) >= 11 is 0. The van der Waals surface area contributed by atoms with Crippen molar-refractivity contribution in [1.29, 1.82) is 0 Å². The number of aliphatic carboxylic acids is 1. The summed E-state index contributed by atoms with van der Waals surface area (Å²) in [7, 11) is 0. The van der Waals surface area contributed by atoms with E-state index in [1.54, 1.807) is 0 Å². The second kappa shape index (κ2) is 12.5. The van der Waals surface area contributed by atoms with Gasteiger partial charge in [0, 0.05) is 13.0 Å². The zero-order valence-corrected chi connectivity index (χ0v) is 18.6. The Morgan fingerprint density at radius 2 is 1.88 bits per heavy atom. The van der Waals surface area contributed by atoms with E-state index in [0.29, 0.717) is 25.7 Å². The lowest BCUT2D eigenvalue weighted by Gasteiger charge is -2.20. The zero-order chi connectivity index (χ0) is 23.6. The largest absolute Gasteiger partial charge is 0.481 e. The Hall–Kier alpha value is -2.46. The summed E-state index contributed by atoms with van der Waals surface area (Å²) in [6.07, 6.45) is 3.38. The topological polar surface area (TPSA) is 77.8 Å². The van der Waals surface area contributed by atoms with Crippen molar-refractivity contribution in [1.82, 2.24) is 4.90 Å². The van der Waals surface area contributed by atoms with E-state index in [-0.39, 0.29) is 18.9 Å². The van der Waals surface area contributed by atoms with Crippen LogP contribution in [-0.4, -0.2) is 51.6 Å². The monoisotopic (exact) mass is 449 g/mol. The number of aliphatic hydroxyl groups is 1. The number of aryl methyl sites for hydroxylation is 1. The van der Waals surface area contributed by atoms with E-state index < -0.39 is 36.4 Å². The van der Waals surface area contributed by atoms with Crippen molar-refractivity contribution in [3.8, 4) is 11.8 Å². The number of amides is 1. The van der Waals surface area contributed by atoms with Crippen LogP contribution in [0.3, 0.4) is 0 Å². The number of alkyl halides is 2. The molecule has 2 N–H and O–H groups in total. The second-order valence-electron chi connectivity index (χ2n) is 8.57. The highest BCUT2D eigenvalue weighted by atomic mass is 19.3. The van der Waals surface area contributed by atoms with Gasteiger partial charge in [0.1, 0.15) is 6.10 Å². The molecule has 0 bridgehead atoms. The molecule has 1 amide bonds. The van der Waals surface area contributed by atoms with E-state index in [2.05, 4.69) is 24.0 Å². The van der Waals surface area contributed by atoms with Crippen molar-refractivity contribution in [2.24, 2.45) is 5.92 Å². The Labute approximate surface area is 188 Å². The third-order valence-electron chi connectivity index (χ3n) is 5.84. The maximum absolute atomic E-state index is 14.0. The van der Waals surface area contributed by atoms with Gasteiger partial charge in [0.15, 0.2) is 0 Å². The predicted molar refractivity (Wildman–Crippen MR) is 118 cm³/mol. The van der Waals surface area contributed by atoms with Crippen LogP contribution in [0.25, 0.3) is 0 Å². The number of rotatable bonds is 12. The normalized spacial score (nSPS) is 19.3. The van der Waals surface area contributed by atoms with Crippen molar-refractivity contribution in [3.05, 3.63) is 35.9 Å². The minimum absolute atomic E-state index is 0.0796. The van der Waals surface area contributed by atoms with Crippen LogP contribution in [-0.2, 0) is 16.0 Å². The SMILES string of the molecule is C[C@@H](CCCc1ccccc1)[C@H](O)C#C[C@H]1CC(F)(F)C(=O)N1CCCCCCC(=O)O. The maximum Gasteiger partial charge on any atom is 0.327 e. The number of carbonyl (C=O) groups excluding carboxylic acids is 1. The minimum atomic E-state index is -3.44. The lowest BCUT2D eigenvalue weighted by atomic mass is 9.96. The van der Waals surface area contributed by atoms with Crippen LogP contribution >= 0.6 is 0 Å². The van der Waals surface area contributed by atoms with Crippen LogP contribution < -0.4 is 0 Å². The molecular weight excluding hydrogens is 416 g/mol. The average Bonchev–Trinajstić information content (AvgIpc) is 2.97. The number of benzene rings is 1. The van der Waals surface area contributed by atoms with Crippen LogP contribution in [0, 0.1) is 17.8 Å². The number of likely N-dealkylation sites (tertiary alicyclic amines) is 1. The molecule has 7 heteroatoms. The summed E-state index contributed by atoms with van der Waals surface area (Å²) in [6, 6.07) is 9.13. The average molecular weight is 450 g/mol. The number of nitrogens with zero attached hydrogens (tertiary/aromatic N) is 1. The van der Waals surface area contributed by atoms with Crippen LogP contribution in [0.4, 0.5) is 8.78 Å². The second-order valence-corrected chi connectivity index (χ2v) is 8.57. The molecule has 1 saturated heterocycles. The van der Waals surface area contributed by atoms with Gasteiger partial charge in [-0.25, -0.2) is 0 Å². The Kier molecular flexibility index (Phi) is 10.1. The van der Waals surface area contributed by atoms with Crippen molar-refractivity contribution >= 4 is 11.9 Å². The molecule has 2 rings (SSSR count). The fourth-order valence-electron chi connectivity index (χ4n) is 3.84. The third kappa shape index (κ3) is 8.23. The van der Waals surface area contributed by atoms with E-state index in [1.165, 1.54) is 5.56 Å². The molecule has 1 heterocycles. The van der Waals surface area contributed by atoms with Gasteiger partial charge in [-0.1, -0.05) is 61.9 Å². The van der Waals surface area contributed by atoms with E-state index >= 15 is 0 Å². The summed E-state index contributed by atoms with van der Waals surface area (Å²) in [6.45, 7) is 2.04. The van der Waals surface area contributed by atoms with Crippen molar-refractivity contribution < 1.29 is 28.6 Å². The molecule has 0 spiro atoms. The predicted octanol–water partition coefficient (Wildman–Crippen LogP) is 4.28. The fourth-order valence-corrected chi connectivity index (χ4v) is 3.84. The summed E-state index contributed by atoms with van der Waals surface area (Å²) < 4.78 is 28.0. The van der Waals surface area contributed by atoms with Crippen LogP contribution in [0.5, 0.6) is 0 Å². The van der Waals surface area contributed by atoms with Crippen molar-refractivity contribution in [3.63, 3.8) is 0 Å². The standard InChI is InChI=1S/C25H33F2NO4/c1-19(10-9-13-20-11-5-4-6-12-20)22(29)16-15-21-18-25(26,27)24(32)28(21)17-8-3-2-7-14-23(30)31/h4-6,11-12,19,21-22,29H,2-3,7-10,13-14,17-18H2,1H3,(H,30,31)/t19-,21-,22+/m0/s1. The lowest BCUT2D eigenvalue weighted by molar-refractivity contribution is -0.148. The van der Waals surface area contributed by atoms with E-state index in [0.717, 1.165) is 24.2 Å². The number of unbranched alkanes of at least 4 members (excludes halogenated alkanes) is 3. The first-order valence-electron chi connectivity index (χ1n) is 11.3. The van der Waals surface area contributed by atoms with Gasteiger partial charge in [0.2, 0.25) is 0 Å². The molecule has 5 nitrogen and oxygen atoms in total. The Morgan fingerprint density at radius 1 is 1.19 bits per heavy atom. The Balaban J connectivity index is 1.83. The number of hydrogen-bond acceptors (Lipinski definition) is 3. The smallest absolute Gasteiger partial charge is 0.327 e. The highest BCUT2D eigenvalue weighted by Crippen LogP contribution is 2.33. The molecule has 32 heavy (non-hydrogen) atoms. The van der Waals surface area contributed by atoms with Gasteiger partial charge < -0.3 is 15.1 Å². The van der Waals surface area contributed by atoms with Gasteiger partial charge >= 0.3 is 11.9 Å². The highest BCUT2D eigenvalue weighted by molar-refractivity contribution is 5.86. The van der Waals surface area contributed by atoms with Gasteiger partial charge in [-0.3, -0.25) is 9.59 Å². The number of aliphatic hydroxyl groups excluding tert-OH is 1. The lowest BCUT2D eigenvalue weighted by Crippen LogP contribution is -2.36. The van der Waals surface area contributed by atoms with Gasteiger partial charge in [-0.15, -0.1) is 0 Å². The van der Waals surface area contributed by atoms with E-state index in [4.69, 9.17) is 5.11 Å². The summed E-state index contributed by atoms with van der Waals surface area (Å²) in [5, 5.41) is 19.0. The fraction of sp³-hybridized carbons (Fsp3) is 0.600. The number of carbonyl (C=O) groups is 2. The first-order chi connectivity index (χ1) is 15.2. The molecule has 0 radical (unpaired) electrons. The minimum Gasteiger partial charge on any atom is -0.481 e. The Morgan fingerprint density at radius 3 is 2.56 bits per heavy atom. The van der Waals surface area contributed by atoms with Gasteiger partial charge in [-0.05, 0) is 43.6 Å². The third-order valence-corrected chi connectivity index (χ3v) is 5.84. The van der Waals surface area contributed by atoms with Crippen LogP contribution in [0.2, 0.25) is 0 Å². The molecule has 0 unspecified atom stereocenters. The van der Waals surface area contributed by atoms with Gasteiger partial charge in [0.05, 0.1) is 12.5 Å². The summed E-state index contributed by atoms with van der Waals surface area (Å²) in [5.74, 6) is -0.196. The highest BCUT2D eigenvalue weighted by Gasteiger charge is 2.52. The molecule has 1 aliphatic heterocycles.